The summed E-state index contributed by atoms with van der Waals surface area (Å²) in [4.78, 5) is 35.6. The van der Waals surface area contributed by atoms with E-state index in [-0.39, 0.29) is 0 Å². The maximum absolute atomic E-state index is 12.1. The zero-order valence-corrected chi connectivity index (χ0v) is 13.6. The van der Waals surface area contributed by atoms with Crippen molar-refractivity contribution < 1.29 is 23.9 Å². The average Bonchev–Trinajstić information content (AvgIpc) is 2.45. The quantitative estimate of drug-likeness (QED) is 0.490. The molecule has 0 spiro atoms. The third kappa shape index (κ3) is 6.09. The van der Waals surface area contributed by atoms with E-state index in [0.29, 0.717) is 5.69 Å². The van der Waals surface area contributed by atoms with E-state index in [1.165, 1.54) is 0 Å². The number of carbonyl (C=O) groups is 3. The van der Waals surface area contributed by atoms with E-state index in [2.05, 4.69) is 14.8 Å². The van der Waals surface area contributed by atoms with Gasteiger partial charge in [-0.3, -0.25) is 14.4 Å². The fourth-order valence-electron chi connectivity index (χ4n) is 1.40. The van der Waals surface area contributed by atoms with Crippen LogP contribution >= 0.6 is 34.8 Å². The molecule has 0 fully saturated rings. The number of esters is 2. The van der Waals surface area contributed by atoms with E-state index in [4.69, 9.17) is 34.8 Å². The van der Waals surface area contributed by atoms with Gasteiger partial charge in [-0.1, -0.05) is 53.0 Å². The van der Waals surface area contributed by atoms with Crippen molar-refractivity contribution >= 4 is 58.3 Å². The van der Waals surface area contributed by atoms with Crippen molar-refractivity contribution in [3.05, 3.63) is 30.3 Å². The molecule has 0 saturated heterocycles. The molecule has 0 radical (unpaired) electrons. The first-order valence-electron chi connectivity index (χ1n) is 5.91. The second-order valence-corrected chi connectivity index (χ2v) is 6.55. The highest BCUT2D eigenvalue weighted by atomic mass is 35.6. The maximum Gasteiger partial charge on any atom is 0.330 e. The predicted molar refractivity (Wildman–Crippen MR) is 81.8 cm³/mol. The molecule has 22 heavy (non-hydrogen) atoms. The molecule has 1 atom stereocenters. The van der Waals surface area contributed by atoms with Crippen molar-refractivity contribution in [1.82, 2.24) is 0 Å². The molecule has 1 aromatic rings. The molecule has 0 aliphatic rings. The van der Waals surface area contributed by atoms with Crippen LogP contribution in [0.4, 0.5) is 5.69 Å². The molecular formula is C13H12Cl3NO5. The van der Waals surface area contributed by atoms with Gasteiger partial charge in [0, 0.05) is 5.69 Å². The summed E-state index contributed by atoms with van der Waals surface area (Å²) in [6.07, 6.45) is 0. The summed E-state index contributed by atoms with van der Waals surface area (Å²) in [5, 5.41) is 2.40. The largest absolute Gasteiger partial charge is 0.468 e. The number of hydrogen-bond acceptors (Lipinski definition) is 5. The summed E-state index contributed by atoms with van der Waals surface area (Å²) >= 11 is 16.3. The first-order chi connectivity index (χ1) is 10.2. The van der Waals surface area contributed by atoms with Gasteiger partial charge in [0.1, 0.15) is 6.61 Å². The minimum absolute atomic E-state index is 0.399. The number of anilines is 1. The van der Waals surface area contributed by atoms with Crippen LogP contribution in [0.1, 0.15) is 0 Å². The molecule has 1 rings (SSSR count). The molecule has 1 aromatic carbocycles. The lowest BCUT2D eigenvalue weighted by atomic mass is 10.1. The first-order valence-corrected chi connectivity index (χ1v) is 7.05. The summed E-state index contributed by atoms with van der Waals surface area (Å²) in [6.45, 7) is -0.609. The van der Waals surface area contributed by atoms with Crippen LogP contribution in [-0.2, 0) is 23.9 Å². The van der Waals surface area contributed by atoms with Crippen molar-refractivity contribution in [3.8, 4) is 0 Å². The summed E-state index contributed by atoms with van der Waals surface area (Å²) < 4.78 is 7.22. The monoisotopic (exact) mass is 367 g/mol. The Hall–Kier alpha value is -1.50. The molecule has 0 aliphatic heterocycles. The van der Waals surface area contributed by atoms with E-state index < -0.39 is 34.2 Å². The van der Waals surface area contributed by atoms with Crippen LogP contribution in [0, 0.1) is 5.92 Å². The number of benzene rings is 1. The zero-order chi connectivity index (χ0) is 16.8. The number of hydrogen-bond donors (Lipinski definition) is 1. The molecule has 1 amide bonds. The van der Waals surface area contributed by atoms with Gasteiger partial charge in [-0.2, -0.15) is 0 Å². The molecule has 0 aliphatic carbocycles. The summed E-state index contributed by atoms with van der Waals surface area (Å²) in [6, 6.07) is 8.24. The Kier molecular flexibility index (Phi) is 6.93. The van der Waals surface area contributed by atoms with Crippen LogP contribution in [-0.4, -0.2) is 35.4 Å². The Morgan fingerprint density at radius 2 is 1.73 bits per heavy atom. The molecule has 0 bridgehead atoms. The zero-order valence-electron chi connectivity index (χ0n) is 11.3. The van der Waals surface area contributed by atoms with Crippen LogP contribution in [0.2, 0.25) is 0 Å². The topological polar surface area (TPSA) is 81.7 Å². The minimum atomic E-state index is -1.85. The van der Waals surface area contributed by atoms with Crippen LogP contribution in [0.15, 0.2) is 30.3 Å². The fourth-order valence-corrected chi connectivity index (χ4v) is 1.56. The van der Waals surface area contributed by atoms with Crippen molar-refractivity contribution in [3.63, 3.8) is 0 Å². The summed E-state index contributed by atoms with van der Waals surface area (Å²) in [5.41, 5.74) is 0.399. The SMILES string of the molecule is COC(=O)C(C(=O)Nc1ccccc1)C(=O)OCC(Cl)(Cl)Cl. The van der Waals surface area contributed by atoms with Gasteiger partial charge in [0.05, 0.1) is 7.11 Å². The van der Waals surface area contributed by atoms with E-state index >= 15 is 0 Å². The fraction of sp³-hybridized carbons (Fsp3) is 0.308. The molecule has 0 heterocycles. The van der Waals surface area contributed by atoms with E-state index in [1.54, 1.807) is 30.3 Å². The smallest absolute Gasteiger partial charge is 0.330 e. The number of nitrogens with one attached hydrogen (secondary N) is 1. The molecule has 0 saturated carbocycles. The average molecular weight is 369 g/mol. The molecule has 6 nitrogen and oxygen atoms in total. The van der Waals surface area contributed by atoms with Gasteiger partial charge < -0.3 is 14.8 Å². The maximum atomic E-state index is 12.1. The van der Waals surface area contributed by atoms with Crippen LogP contribution in [0.3, 0.4) is 0 Å². The Labute approximate surface area is 141 Å². The van der Waals surface area contributed by atoms with Crippen molar-refractivity contribution in [2.45, 2.75) is 3.79 Å². The molecule has 120 valence electrons. The molecule has 0 aromatic heterocycles. The van der Waals surface area contributed by atoms with Crippen LogP contribution < -0.4 is 5.32 Å². The van der Waals surface area contributed by atoms with Crippen molar-refractivity contribution in [2.75, 3.05) is 19.0 Å². The van der Waals surface area contributed by atoms with Gasteiger partial charge in [0.2, 0.25) is 15.6 Å². The Morgan fingerprint density at radius 1 is 1.14 bits per heavy atom. The van der Waals surface area contributed by atoms with Crippen molar-refractivity contribution in [1.29, 1.82) is 0 Å². The highest BCUT2D eigenvalue weighted by molar-refractivity contribution is 6.67. The predicted octanol–water partition coefficient (Wildman–Crippen LogP) is 2.33. The first kappa shape index (κ1) is 18.5. The third-order valence-electron chi connectivity index (χ3n) is 2.35. The van der Waals surface area contributed by atoms with Gasteiger partial charge in [-0.15, -0.1) is 0 Å². The molecule has 9 heteroatoms. The lowest BCUT2D eigenvalue weighted by molar-refractivity contribution is -0.162. The Bertz CT molecular complexity index is 544. The number of alkyl halides is 3. The number of ether oxygens (including phenoxy) is 2. The van der Waals surface area contributed by atoms with Crippen LogP contribution in [0.5, 0.6) is 0 Å². The van der Waals surface area contributed by atoms with E-state index in [1.807, 2.05) is 0 Å². The number of carbonyl (C=O) groups excluding carboxylic acids is 3. The number of para-hydroxylation sites is 1. The molecule has 1 unspecified atom stereocenters. The highest BCUT2D eigenvalue weighted by Crippen LogP contribution is 2.26. The summed E-state index contributed by atoms with van der Waals surface area (Å²) in [5.74, 6) is -4.99. The van der Waals surface area contributed by atoms with Crippen LogP contribution in [0.25, 0.3) is 0 Å². The lowest BCUT2D eigenvalue weighted by Gasteiger charge is -2.16. The van der Waals surface area contributed by atoms with E-state index in [9.17, 15) is 14.4 Å². The van der Waals surface area contributed by atoms with Gasteiger partial charge in [0.15, 0.2) is 0 Å². The highest BCUT2D eigenvalue weighted by Gasteiger charge is 2.38. The van der Waals surface area contributed by atoms with Crippen molar-refractivity contribution in [2.24, 2.45) is 5.92 Å². The Balaban J connectivity index is 2.81. The number of rotatable bonds is 5. The third-order valence-corrected chi connectivity index (χ3v) is 2.68. The standard InChI is InChI=1S/C13H12Cl3NO5/c1-21-11(19)9(12(20)22-7-13(14,15)16)10(18)17-8-5-3-2-4-6-8/h2-6,9H,7H2,1H3,(H,17,18). The normalized spacial score (nSPS) is 12.2. The minimum Gasteiger partial charge on any atom is -0.468 e. The number of methoxy groups -OCH3 is 1. The summed E-state index contributed by atoms with van der Waals surface area (Å²) in [7, 11) is 1.04. The van der Waals surface area contributed by atoms with Gasteiger partial charge in [-0.05, 0) is 12.1 Å². The Morgan fingerprint density at radius 3 is 2.23 bits per heavy atom. The second kappa shape index (κ2) is 8.22. The number of halogens is 3. The van der Waals surface area contributed by atoms with Gasteiger partial charge in [-0.25, -0.2) is 0 Å². The van der Waals surface area contributed by atoms with Gasteiger partial charge in [0.25, 0.3) is 0 Å². The van der Waals surface area contributed by atoms with E-state index in [0.717, 1.165) is 7.11 Å². The molecular weight excluding hydrogens is 357 g/mol. The van der Waals surface area contributed by atoms with Gasteiger partial charge >= 0.3 is 11.9 Å². The molecule has 1 N–H and O–H groups in total. The number of amides is 1. The second-order valence-electron chi connectivity index (χ2n) is 4.03. The lowest BCUT2D eigenvalue weighted by Crippen LogP contribution is -2.39.